The van der Waals surface area contributed by atoms with Crippen molar-refractivity contribution >= 4 is 28.8 Å². The Balaban J connectivity index is 1.69. The number of thiocarbonyl (C=S) groups is 1. The fraction of sp³-hybridized carbons (Fsp3) is 0.278. The van der Waals surface area contributed by atoms with Crippen molar-refractivity contribution in [3.05, 3.63) is 59.2 Å². The molecule has 3 heterocycles. The van der Waals surface area contributed by atoms with Gasteiger partial charge in [0.05, 0.1) is 31.5 Å². The monoisotopic (exact) mass is 354 g/mol. The van der Waals surface area contributed by atoms with Crippen molar-refractivity contribution in [2.24, 2.45) is 0 Å². The molecule has 1 fully saturated rings. The number of carbonyl (C=O) groups excluding carboxylic acids is 1. The molecule has 2 aliphatic heterocycles. The molecule has 6 nitrogen and oxygen atoms in total. The van der Waals surface area contributed by atoms with Crippen LogP contribution in [0.25, 0.3) is 0 Å². The third-order valence-electron chi connectivity index (χ3n) is 4.52. The molecule has 0 unspecified atom stereocenters. The molecule has 128 valence electrons. The highest BCUT2D eigenvalue weighted by molar-refractivity contribution is 7.78. The molecule has 1 amide bonds. The highest BCUT2D eigenvalue weighted by Crippen LogP contribution is 2.30. The van der Waals surface area contributed by atoms with E-state index < -0.39 is 0 Å². The maximum atomic E-state index is 12.1. The Morgan fingerprint density at radius 3 is 3.00 bits per heavy atom. The van der Waals surface area contributed by atoms with Gasteiger partial charge in [-0.1, -0.05) is 24.3 Å². The topological polar surface area (TPSA) is 69.4 Å². The number of ether oxygens (including phenoxy) is 1. The Hall–Kier alpha value is -2.44. The number of benzene rings is 1. The Bertz CT molecular complexity index is 850. The lowest BCUT2D eigenvalue weighted by Crippen LogP contribution is -2.41. The Morgan fingerprint density at radius 1 is 1.32 bits per heavy atom. The van der Waals surface area contributed by atoms with Gasteiger partial charge in [0, 0.05) is 12.7 Å². The fourth-order valence-electron chi connectivity index (χ4n) is 3.32. The number of hydrogen-bond donors (Lipinski definition) is 3. The van der Waals surface area contributed by atoms with Gasteiger partial charge in [-0.15, -0.1) is 0 Å². The molecular weight excluding hydrogens is 336 g/mol. The van der Waals surface area contributed by atoms with E-state index >= 15 is 0 Å². The first-order valence-corrected chi connectivity index (χ1v) is 8.59. The second-order valence-electron chi connectivity index (χ2n) is 6.01. The number of anilines is 1. The summed E-state index contributed by atoms with van der Waals surface area (Å²) in [5.41, 5.74) is 3.68. The van der Waals surface area contributed by atoms with E-state index in [4.69, 9.17) is 17.0 Å². The number of aromatic amines is 1. The molecule has 2 aliphatic rings. The van der Waals surface area contributed by atoms with Crippen molar-refractivity contribution in [1.29, 1.82) is 0 Å². The van der Waals surface area contributed by atoms with Gasteiger partial charge in [-0.05, 0) is 34.4 Å². The maximum absolute atomic E-state index is 12.1. The molecule has 7 heteroatoms. The van der Waals surface area contributed by atoms with Gasteiger partial charge >= 0.3 is 0 Å². The van der Waals surface area contributed by atoms with E-state index in [2.05, 4.69) is 32.8 Å². The molecule has 4 rings (SSSR count). The lowest BCUT2D eigenvalue weighted by Gasteiger charge is -2.32. The van der Waals surface area contributed by atoms with Crippen LogP contribution in [0.1, 0.15) is 27.7 Å². The number of amides is 1. The minimum atomic E-state index is -0.195. The minimum absolute atomic E-state index is 0.162. The van der Waals surface area contributed by atoms with Gasteiger partial charge in [-0.25, -0.2) is 0 Å². The molecule has 1 aromatic carbocycles. The molecule has 0 bridgehead atoms. The number of nitrogens with one attached hydrogen (secondary N) is 3. The van der Waals surface area contributed by atoms with Crippen LogP contribution >= 0.6 is 12.2 Å². The molecule has 0 saturated carbocycles. The Kier molecular flexibility index (Phi) is 4.38. The van der Waals surface area contributed by atoms with Gasteiger partial charge < -0.3 is 19.9 Å². The molecule has 3 N–H and O–H groups in total. The lowest BCUT2D eigenvalue weighted by atomic mass is 9.99. The van der Waals surface area contributed by atoms with Gasteiger partial charge in [0.25, 0.3) is 5.91 Å². The van der Waals surface area contributed by atoms with Crippen molar-refractivity contribution in [2.45, 2.75) is 12.6 Å². The zero-order chi connectivity index (χ0) is 17.2. The molecule has 0 spiro atoms. The number of aromatic nitrogens is 1. The van der Waals surface area contributed by atoms with Crippen LogP contribution in [0.5, 0.6) is 0 Å². The van der Waals surface area contributed by atoms with E-state index in [-0.39, 0.29) is 11.9 Å². The van der Waals surface area contributed by atoms with Crippen LogP contribution in [-0.4, -0.2) is 35.7 Å². The SMILES string of the molecule is O=C1NC(=C=S)N(Cc2ccccc2[C@H]2COCCN2)c2cc[nH]c21. The average Bonchev–Trinajstić information content (AvgIpc) is 3.15. The van der Waals surface area contributed by atoms with E-state index in [9.17, 15) is 4.79 Å². The van der Waals surface area contributed by atoms with Gasteiger partial charge in [0.15, 0.2) is 5.82 Å². The highest BCUT2D eigenvalue weighted by atomic mass is 32.1. The third-order valence-corrected chi connectivity index (χ3v) is 4.72. The Morgan fingerprint density at radius 2 is 2.20 bits per heavy atom. The van der Waals surface area contributed by atoms with Crippen LogP contribution in [0.4, 0.5) is 5.69 Å². The summed E-state index contributed by atoms with van der Waals surface area (Å²) in [4.78, 5) is 17.1. The van der Waals surface area contributed by atoms with E-state index in [1.807, 2.05) is 23.1 Å². The molecule has 1 atom stereocenters. The maximum Gasteiger partial charge on any atom is 0.275 e. The van der Waals surface area contributed by atoms with Crippen molar-refractivity contribution in [2.75, 3.05) is 24.7 Å². The number of H-pyrrole nitrogens is 1. The summed E-state index contributed by atoms with van der Waals surface area (Å²) in [5.74, 6) is 0.300. The van der Waals surface area contributed by atoms with Crippen molar-refractivity contribution in [3.8, 4) is 0 Å². The van der Waals surface area contributed by atoms with Gasteiger partial charge in [-0.3, -0.25) is 10.1 Å². The number of morpholine rings is 1. The Labute approximate surface area is 150 Å². The number of rotatable bonds is 3. The second-order valence-corrected chi connectivity index (χ2v) is 6.21. The van der Waals surface area contributed by atoms with E-state index in [0.717, 1.165) is 24.4 Å². The van der Waals surface area contributed by atoms with Crippen molar-refractivity contribution in [1.82, 2.24) is 15.6 Å². The van der Waals surface area contributed by atoms with Crippen LogP contribution in [-0.2, 0) is 11.3 Å². The normalized spacial score (nSPS) is 20.0. The molecule has 1 aromatic heterocycles. The first-order valence-electron chi connectivity index (χ1n) is 8.18. The van der Waals surface area contributed by atoms with Gasteiger partial charge in [0.1, 0.15) is 5.69 Å². The first-order chi connectivity index (χ1) is 12.3. The largest absolute Gasteiger partial charge is 0.378 e. The second kappa shape index (κ2) is 6.82. The zero-order valence-electron chi connectivity index (χ0n) is 13.5. The molecule has 0 aliphatic carbocycles. The molecule has 1 saturated heterocycles. The van der Waals surface area contributed by atoms with Crippen LogP contribution in [0.15, 0.2) is 42.3 Å². The van der Waals surface area contributed by atoms with Crippen LogP contribution in [0.3, 0.4) is 0 Å². The number of nitrogens with zero attached hydrogens (tertiary/aromatic N) is 1. The minimum Gasteiger partial charge on any atom is -0.378 e. The lowest BCUT2D eigenvalue weighted by molar-refractivity contribution is 0.0766. The summed E-state index contributed by atoms with van der Waals surface area (Å²) >= 11 is 4.99. The first kappa shape index (κ1) is 16.1. The summed E-state index contributed by atoms with van der Waals surface area (Å²) in [6.07, 6.45) is 1.76. The van der Waals surface area contributed by atoms with Crippen molar-refractivity contribution in [3.63, 3.8) is 0 Å². The fourth-order valence-corrected chi connectivity index (χ4v) is 3.49. The van der Waals surface area contributed by atoms with E-state index in [1.54, 1.807) is 6.20 Å². The number of fused-ring (bicyclic) bond motifs is 1. The summed E-state index contributed by atoms with van der Waals surface area (Å²) in [6.45, 7) is 2.81. The number of hydrogen-bond acceptors (Lipinski definition) is 5. The molecule has 25 heavy (non-hydrogen) atoms. The number of carbonyl (C=O) groups is 1. The van der Waals surface area contributed by atoms with Crippen molar-refractivity contribution < 1.29 is 9.53 Å². The van der Waals surface area contributed by atoms with Crippen LogP contribution in [0.2, 0.25) is 0 Å². The highest BCUT2D eigenvalue weighted by Gasteiger charge is 2.29. The molecular formula is C18H18N4O2S. The third kappa shape index (κ3) is 2.99. The van der Waals surface area contributed by atoms with Gasteiger partial charge in [-0.2, -0.15) is 0 Å². The summed E-state index contributed by atoms with van der Waals surface area (Å²) in [6, 6.07) is 10.3. The molecule has 0 radical (unpaired) electrons. The van der Waals surface area contributed by atoms with Crippen LogP contribution < -0.4 is 15.5 Å². The average molecular weight is 354 g/mol. The summed E-state index contributed by atoms with van der Waals surface area (Å²) in [5, 5.41) is 8.97. The predicted molar refractivity (Wildman–Crippen MR) is 98.6 cm³/mol. The zero-order valence-corrected chi connectivity index (χ0v) is 14.4. The van der Waals surface area contributed by atoms with E-state index in [0.29, 0.717) is 24.7 Å². The quantitative estimate of drug-likeness (QED) is 0.734. The van der Waals surface area contributed by atoms with Gasteiger partial charge in [0.2, 0.25) is 0 Å². The summed E-state index contributed by atoms with van der Waals surface area (Å²) in [7, 11) is 0. The summed E-state index contributed by atoms with van der Waals surface area (Å²) < 4.78 is 5.61. The standard InChI is InChI=1S/C18H18N4O2S/c23-18-17-15(5-6-20-17)22(16(11-25)21-18)9-12-3-1-2-4-13(12)14-10-24-8-7-19-14/h1-6,14,19-20H,7-10H2,(H,21,23)/t14-/m1/s1. The van der Waals surface area contributed by atoms with E-state index in [1.165, 1.54) is 5.56 Å². The van der Waals surface area contributed by atoms with Crippen LogP contribution in [0, 0.1) is 0 Å². The predicted octanol–water partition coefficient (Wildman–Crippen LogP) is 1.87. The smallest absolute Gasteiger partial charge is 0.275 e. The molecule has 2 aromatic rings.